The number of rotatable bonds is 7. The van der Waals surface area contributed by atoms with Gasteiger partial charge in [0, 0.05) is 43.8 Å². The molecule has 0 aromatic heterocycles. The molecule has 0 radical (unpaired) electrons. The fraction of sp³-hybridized carbons (Fsp3) is 0.636. The summed E-state index contributed by atoms with van der Waals surface area (Å²) in [6.45, 7) is 10.2. The Morgan fingerprint density at radius 3 is 2.66 bits per heavy atom. The summed E-state index contributed by atoms with van der Waals surface area (Å²) in [6, 6.07) is 7.77. The minimum Gasteiger partial charge on any atom is -0.381 e. The first-order valence-electron chi connectivity index (χ1n) is 10.6. The van der Waals surface area contributed by atoms with Crippen molar-refractivity contribution in [3.05, 3.63) is 35.4 Å². The molecule has 7 heteroatoms. The van der Waals surface area contributed by atoms with Crippen molar-refractivity contribution in [1.29, 1.82) is 0 Å². The van der Waals surface area contributed by atoms with Crippen LogP contribution in [0, 0.1) is 5.41 Å². The van der Waals surface area contributed by atoms with Crippen molar-refractivity contribution >= 4 is 35.8 Å². The number of halogens is 1. The van der Waals surface area contributed by atoms with Crippen LogP contribution >= 0.6 is 24.0 Å². The first-order chi connectivity index (χ1) is 13.7. The van der Waals surface area contributed by atoms with Crippen LogP contribution in [0.15, 0.2) is 29.3 Å². The number of unbranched alkanes of at least 4 members (excludes halogenated alkanes) is 1. The van der Waals surface area contributed by atoms with E-state index in [0.29, 0.717) is 17.5 Å². The van der Waals surface area contributed by atoms with E-state index in [-0.39, 0.29) is 29.9 Å². The van der Waals surface area contributed by atoms with Gasteiger partial charge in [0.2, 0.25) is 0 Å². The summed E-state index contributed by atoms with van der Waals surface area (Å²) in [6.07, 6.45) is 4.43. The molecule has 2 saturated heterocycles. The Bertz CT molecular complexity index is 672. The molecule has 2 aliphatic heterocycles. The van der Waals surface area contributed by atoms with Gasteiger partial charge in [-0.3, -0.25) is 4.79 Å². The number of likely N-dealkylation sites (tertiary alicyclic amines) is 1. The average Bonchev–Trinajstić information content (AvgIpc) is 3.35. The maximum atomic E-state index is 12.1. The van der Waals surface area contributed by atoms with Crippen LogP contribution in [-0.2, 0) is 11.3 Å². The minimum atomic E-state index is -0.00186. The molecule has 0 aliphatic carbocycles. The second kappa shape index (κ2) is 11.7. The first kappa shape index (κ1) is 23.9. The summed E-state index contributed by atoms with van der Waals surface area (Å²) in [5, 5.41) is 6.38. The molecule has 1 amide bonds. The van der Waals surface area contributed by atoms with Crippen molar-refractivity contribution in [2.75, 3.05) is 39.4 Å². The monoisotopic (exact) mass is 514 g/mol. The SMILES string of the molecule is CCCCNC(=O)c1ccc(CN=C(NCC)N2CCC3(CCOC3)C2)cc1.I. The van der Waals surface area contributed by atoms with Gasteiger partial charge in [-0.25, -0.2) is 4.99 Å². The zero-order valence-electron chi connectivity index (χ0n) is 17.7. The van der Waals surface area contributed by atoms with Gasteiger partial charge in [-0.2, -0.15) is 0 Å². The fourth-order valence-corrected chi connectivity index (χ4v) is 3.92. The molecule has 0 bridgehead atoms. The maximum Gasteiger partial charge on any atom is 0.251 e. The molecule has 1 atom stereocenters. The van der Waals surface area contributed by atoms with Crippen molar-refractivity contribution < 1.29 is 9.53 Å². The van der Waals surface area contributed by atoms with E-state index in [1.54, 1.807) is 0 Å². The molecule has 2 aliphatic rings. The Balaban J connectivity index is 0.00000300. The molecule has 162 valence electrons. The molecule has 6 nitrogen and oxygen atoms in total. The third-order valence-electron chi connectivity index (χ3n) is 5.70. The lowest BCUT2D eigenvalue weighted by atomic mass is 9.87. The number of hydrogen-bond acceptors (Lipinski definition) is 3. The molecule has 1 aromatic carbocycles. The van der Waals surface area contributed by atoms with E-state index in [2.05, 4.69) is 29.4 Å². The highest BCUT2D eigenvalue weighted by Gasteiger charge is 2.42. The van der Waals surface area contributed by atoms with E-state index in [4.69, 9.17) is 9.73 Å². The van der Waals surface area contributed by atoms with E-state index in [1.165, 1.54) is 6.42 Å². The summed E-state index contributed by atoms with van der Waals surface area (Å²) in [4.78, 5) is 19.3. The predicted octanol–water partition coefficient (Wildman–Crippen LogP) is 3.41. The highest BCUT2D eigenvalue weighted by molar-refractivity contribution is 14.0. The van der Waals surface area contributed by atoms with Crippen molar-refractivity contribution in [2.24, 2.45) is 10.4 Å². The number of amides is 1. The lowest BCUT2D eigenvalue weighted by Crippen LogP contribution is -2.41. The van der Waals surface area contributed by atoms with Crippen LogP contribution < -0.4 is 10.6 Å². The number of carbonyl (C=O) groups is 1. The van der Waals surface area contributed by atoms with Gasteiger partial charge in [0.1, 0.15) is 0 Å². The third-order valence-corrected chi connectivity index (χ3v) is 5.70. The number of aliphatic imine (C=N–C) groups is 1. The van der Waals surface area contributed by atoms with Crippen LogP contribution in [0.4, 0.5) is 0 Å². The lowest BCUT2D eigenvalue weighted by molar-refractivity contribution is 0.0953. The van der Waals surface area contributed by atoms with Crippen molar-refractivity contribution in [3.63, 3.8) is 0 Å². The third kappa shape index (κ3) is 6.57. The lowest BCUT2D eigenvalue weighted by Gasteiger charge is -2.25. The number of nitrogens with one attached hydrogen (secondary N) is 2. The van der Waals surface area contributed by atoms with Gasteiger partial charge >= 0.3 is 0 Å². The molecule has 29 heavy (non-hydrogen) atoms. The average molecular weight is 514 g/mol. The second-order valence-corrected chi connectivity index (χ2v) is 7.95. The van der Waals surface area contributed by atoms with Crippen molar-refractivity contribution in [2.45, 2.75) is 46.1 Å². The Morgan fingerprint density at radius 1 is 1.21 bits per heavy atom. The summed E-state index contributed by atoms with van der Waals surface area (Å²) in [7, 11) is 0. The normalized spacial score (nSPS) is 21.3. The Hall–Kier alpha value is -1.35. The first-order valence-corrected chi connectivity index (χ1v) is 10.6. The summed E-state index contributed by atoms with van der Waals surface area (Å²) >= 11 is 0. The maximum absolute atomic E-state index is 12.1. The number of hydrogen-bond donors (Lipinski definition) is 2. The van der Waals surface area contributed by atoms with Gasteiger partial charge in [0.25, 0.3) is 5.91 Å². The highest BCUT2D eigenvalue weighted by atomic mass is 127. The fourth-order valence-electron chi connectivity index (χ4n) is 3.92. The smallest absolute Gasteiger partial charge is 0.251 e. The van der Waals surface area contributed by atoms with Gasteiger partial charge in [-0.15, -0.1) is 24.0 Å². The Labute approximate surface area is 191 Å². The van der Waals surface area contributed by atoms with Crippen LogP contribution in [0.1, 0.15) is 55.5 Å². The van der Waals surface area contributed by atoms with E-state index >= 15 is 0 Å². The summed E-state index contributed by atoms with van der Waals surface area (Å²) < 4.78 is 5.64. The van der Waals surface area contributed by atoms with Gasteiger partial charge < -0.3 is 20.3 Å². The van der Waals surface area contributed by atoms with Gasteiger partial charge in [-0.1, -0.05) is 25.5 Å². The van der Waals surface area contributed by atoms with Gasteiger partial charge in [-0.05, 0) is 43.9 Å². The van der Waals surface area contributed by atoms with E-state index < -0.39 is 0 Å². The molecule has 2 fully saturated rings. The molecule has 1 unspecified atom stereocenters. The molecular formula is C22H35IN4O2. The quantitative estimate of drug-likeness (QED) is 0.254. The number of guanidine groups is 1. The van der Waals surface area contributed by atoms with Crippen LogP contribution in [0.3, 0.4) is 0 Å². The molecule has 3 rings (SSSR count). The Kier molecular flexibility index (Phi) is 9.68. The molecule has 2 N–H and O–H groups in total. The number of carbonyl (C=O) groups excluding carboxylic acids is 1. The highest BCUT2D eigenvalue weighted by Crippen LogP contribution is 2.38. The predicted molar refractivity (Wildman–Crippen MR) is 128 cm³/mol. The minimum absolute atomic E-state index is 0. The number of nitrogens with zero attached hydrogens (tertiary/aromatic N) is 2. The molecular weight excluding hydrogens is 479 g/mol. The topological polar surface area (TPSA) is 66.0 Å². The van der Waals surface area contributed by atoms with Crippen LogP contribution in [0.5, 0.6) is 0 Å². The standard InChI is InChI=1S/C22H34N4O2.HI/c1-3-5-12-24-20(27)19-8-6-18(7-9-19)15-25-21(23-4-2)26-13-10-22(16-26)11-14-28-17-22;/h6-9H,3-5,10-17H2,1-2H3,(H,23,25)(H,24,27);1H. The van der Waals surface area contributed by atoms with Crippen molar-refractivity contribution in [1.82, 2.24) is 15.5 Å². The van der Waals surface area contributed by atoms with Crippen molar-refractivity contribution in [3.8, 4) is 0 Å². The summed E-state index contributed by atoms with van der Waals surface area (Å²) in [5.74, 6) is 0.977. The van der Waals surface area contributed by atoms with E-state index in [1.807, 2.05) is 24.3 Å². The van der Waals surface area contributed by atoms with E-state index in [0.717, 1.165) is 70.2 Å². The molecule has 2 heterocycles. The molecule has 1 aromatic rings. The zero-order chi connectivity index (χ0) is 19.8. The number of benzene rings is 1. The van der Waals surface area contributed by atoms with Crippen LogP contribution in [0.25, 0.3) is 0 Å². The number of ether oxygens (including phenoxy) is 1. The Morgan fingerprint density at radius 2 is 2.00 bits per heavy atom. The van der Waals surface area contributed by atoms with E-state index in [9.17, 15) is 4.79 Å². The summed E-state index contributed by atoms with van der Waals surface area (Å²) in [5.41, 5.74) is 2.14. The zero-order valence-corrected chi connectivity index (χ0v) is 20.0. The van der Waals surface area contributed by atoms with Gasteiger partial charge in [0.05, 0.1) is 13.2 Å². The molecule has 0 saturated carbocycles. The second-order valence-electron chi connectivity index (χ2n) is 7.95. The van der Waals surface area contributed by atoms with Crippen LogP contribution in [0.2, 0.25) is 0 Å². The largest absolute Gasteiger partial charge is 0.381 e. The molecule has 1 spiro atoms. The van der Waals surface area contributed by atoms with Crippen LogP contribution in [-0.4, -0.2) is 56.2 Å². The van der Waals surface area contributed by atoms with Gasteiger partial charge in [0.15, 0.2) is 5.96 Å².